The highest BCUT2D eigenvalue weighted by molar-refractivity contribution is 5.25. The van der Waals surface area contributed by atoms with Crippen LogP contribution in [0.15, 0.2) is 12.7 Å². The molecule has 0 saturated carbocycles. The molecular formula is C13H23N3. The van der Waals surface area contributed by atoms with Crippen LogP contribution in [0.1, 0.15) is 29.8 Å². The first-order chi connectivity index (χ1) is 7.60. The molecule has 1 unspecified atom stereocenters. The van der Waals surface area contributed by atoms with Crippen molar-refractivity contribution in [3.63, 3.8) is 0 Å². The van der Waals surface area contributed by atoms with Gasteiger partial charge in [0.25, 0.3) is 0 Å². The van der Waals surface area contributed by atoms with Gasteiger partial charge in [-0.3, -0.25) is 4.68 Å². The van der Waals surface area contributed by atoms with Gasteiger partial charge in [0.2, 0.25) is 0 Å². The molecule has 0 aliphatic heterocycles. The molecule has 0 saturated heterocycles. The van der Waals surface area contributed by atoms with E-state index in [2.05, 4.69) is 30.8 Å². The van der Waals surface area contributed by atoms with E-state index in [9.17, 15) is 0 Å². The number of likely N-dealkylation sites (N-methyl/N-ethyl adjacent to an activating group) is 1. The molecule has 1 aromatic rings. The molecule has 0 radical (unpaired) electrons. The zero-order valence-electron chi connectivity index (χ0n) is 10.9. The van der Waals surface area contributed by atoms with E-state index in [1.54, 1.807) is 0 Å². The summed E-state index contributed by atoms with van der Waals surface area (Å²) in [7, 11) is 4.03. The van der Waals surface area contributed by atoms with Gasteiger partial charge in [-0.15, -0.1) is 6.58 Å². The van der Waals surface area contributed by atoms with Crippen molar-refractivity contribution in [2.45, 2.75) is 39.2 Å². The second-order valence-electron chi connectivity index (χ2n) is 4.33. The summed E-state index contributed by atoms with van der Waals surface area (Å²) in [6.45, 7) is 7.99. The number of hydrogen-bond donors (Lipinski definition) is 1. The summed E-state index contributed by atoms with van der Waals surface area (Å²) in [5, 5.41) is 7.81. The van der Waals surface area contributed by atoms with Crippen LogP contribution in [0, 0.1) is 13.8 Å². The van der Waals surface area contributed by atoms with Crippen molar-refractivity contribution in [1.29, 1.82) is 0 Å². The van der Waals surface area contributed by atoms with Gasteiger partial charge in [0.15, 0.2) is 0 Å². The average molecular weight is 221 g/mol. The van der Waals surface area contributed by atoms with Crippen molar-refractivity contribution < 1.29 is 0 Å². The Bertz CT molecular complexity index is 352. The summed E-state index contributed by atoms with van der Waals surface area (Å²) in [6.07, 6.45) is 5.22. The standard InChI is InChI=1S/C13H23N3/c1-6-7-8-12(14-4)9-13-10(2)15-16(5)11(13)3/h6,12,14H,1,7-9H2,2-5H3. The average Bonchev–Trinajstić information content (AvgIpc) is 2.50. The van der Waals surface area contributed by atoms with Crippen LogP contribution < -0.4 is 5.32 Å². The molecule has 1 rings (SSSR count). The van der Waals surface area contributed by atoms with E-state index < -0.39 is 0 Å². The molecule has 0 aromatic carbocycles. The van der Waals surface area contributed by atoms with Gasteiger partial charge in [0, 0.05) is 18.8 Å². The Morgan fingerprint density at radius 1 is 1.50 bits per heavy atom. The van der Waals surface area contributed by atoms with Crippen LogP contribution in [-0.2, 0) is 13.5 Å². The second kappa shape index (κ2) is 5.85. The largest absolute Gasteiger partial charge is 0.317 e. The number of nitrogens with zero attached hydrogens (tertiary/aromatic N) is 2. The Balaban J connectivity index is 2.73. The summed E-state index contributed by atoms with van der Waals surface area (Å²) < 4.78 is 1.96. The zero-order chi connectivity index (χ0) is 12.1. The van der Waals surface area contributed by atoms with Gasteiger partial charge in [-0.1, -0.05) is 6.08 Å². The molecule has 0 bridgehead atoms. The van der Waals surface area contributed by atoms with Gasteiger partial charge in [-0.05, 0) is 45.7 Å². The number of aromatic nitrogens is 2. The van der Waals surface area contributed by atoms with Gasteiger partial charge in [0.05, 0.1) is 5.69 Å². The summed E-state index contributed by atoms with van der Waals surface area (Å²) in [4.78, 5) is 0. The van der Waals surface area contributed by atoms with E-state index in [4.69, 9.17) is 0 Å². The van der Waals surface area contributed by atoms with Crippen molar-refractivity contribution in [3.05, 3.63) is 29.6 Å². The Morgan fingerprint density at radius 3 is 2.62 bits per heavy atom. The highest BCUT2D eigenvalue weighted by Crippen LogP contribution is 2.15. The fourth-order valence-electron chi connectivity index (χ4n) is 2.03. The Labute approximate surface area is 98.5 Å². The lowest BCUT2D eigenvalue weighted by atomic mass is 10.0. The molecule has 0 aliphatic rings. The van der Waals surface area contributed by atoms with Crippen molar-refractivity contribution in [2.24, 2.45) is 7.05 Å². The number of allylic oxidation sites excluding steroid dienone is 1. The minimum absolute atomic E-state index is 0.514. The lowest BCUT2D eigenvalue weighted by molar-refractivity contribution is 0.522. The normalized spacial score (nSPS) is 12.8. The van der Waals surface area contributed by atoms with E-state index in [-0.39, 0.29) is 0 Å². The third-order valence-corrected chi connectivity index (χ3v) is 3.24. The van der Waals surface area contributed by atoms with Crippen molar-refractivity contribution in [3.8, 4) is 0 Å². The number of rotatable bonds is 6. The SMILES string of the molecule is C=CCCC(Cc1c(C)nn(C)c1C)NC. The quantitative estimate of drug-likeness (QED) is 0.746. The van der Waals surface area contributed by atoms with Gasteiger partial charge in [-0.2, -0.15) is 5.10 Å². The lowest BCUT2D eigenvalue weighted by Gasteiger charge is -2.15. The van der Waals surface area contributed by atoms with Crippen molar-refractivity contribution in [1.82, 2.24) is 15.1 Å². The second-order valence-corrected chi connectivity index (χ2v) is 4.33. The van der Waals surface area contributed by atoms with Crippen LogP contribution >= 0.6 is 0 Å². The molecule has 90 valence electrons. The van der Waals surface area contributed by atoms with Crippen LogP contribution in [-0.4, -0.2) is 22.9 Å². The lowest BCUT2D eigenvalue weighted by Crippen LogP contribution is -2.27. The van der Waals surface area contributed by atoms with Crippen LogP contribution in [0.2, 0.25) is 0 Å². The monoisotopic (exact) mass is 221 g/mol. The topological polar surface area (TPSA) is 29.9 Å². The van der Waals surface area contributed by atoms with E-state index >= 15 is 0 Å². The fourth-order valence-corrected chi connectivity index (χ4v) is 2.03. The van der Waals surface area contributed by atoms with E-state index in [1.807, 2.05) is 24.9 Å². The summed E-state index contributed by atoms with van der Waals surface area (Å²) >= 11 is 0. The van der Waals surface area contributed by atoms with Gasteiger partial charge < -0.3 is 5.32 Å². The molecule has 16 heavy (non-hydrogen) atoms. The molecule has 1 atom stereocenters. The first kappa shape index (κ1) is 13.0. The summed E-state index contributed by atoms with van der Waals surface area (Å²) in [5.41, 5.74) is 3.81. The third kappa shape index (κ3) is 2.95. The maximum absolute atomic E-state index is 4.45. The highest BCUT2D eigenvalue weighted by Gasteiger charge is 2.14. The molecule has 1 aromatic heterocycles. The fraction of sp³-hybridized carbons (Fsp3) is 0.615. The molecule has 0 spiro atoms. The first-order valence-electron chi connectivity index (χ1n) is 5.87. The molecule has 0 amide bonds. The van der Waals surface area contributed by atoms with E-state index in [0.29, 0.717) is 6.04 Å². The van der Waals surface area contributed by atoms with Gasteiger partial charge in [-0.25, -0.2) is 0 Å². The molecule has 0 aliphatic carbocycles. The van der Waals surface area contributed by atoms with Crippen molar-refractivity contribution >= 4 is 0 Å². The first-order valence-corrected chi connectivity index (χ1v) is 5.87. The minimum Gasteiger partial charge on any atom is -0.317 e. The summed E-state index contributed by atoms with van der Waals surface area (Å²) in [5.74, 6) is 0. The Hall–Kier alpha value is -1.09. The molecular weight excluding hydrogens is 198 g/mol. The molecule has 3 nitrogen and oxygen atoms in total. The number of hydrogen-bond acceptors (Lipinski definition) is 2. The van der Waals surface area contributed by atoms with Crippen LogP contribution in [0.5, 0.6) is 0 Å². The van der Waals surface area contributed by atoms with Crippen LogP contribution in [0.3, 0.4) is 0 Å². The zero-order valence-corrected chi connectivity index (χ0v) is 10.9. The Morgan fingerprint density at radius 2 is 2.19 bits per heavy atom. The maximum Gasteiger partial charge on any atom is 0.0628 e. The van der Waals surface area contributed by atoms with E-state index in [1.165, 1.54) is 11.3 Å². The molecule has 3 heteroatoms. The molecule has 0 fully saturated rings. The molecule has 1 N–H and O–H groups in total. The van der Waals surface area contributed by atoms with Gasteiger partial charge >= 0.3 is 0 Å². The third-order valence-electron chi connectivity index (χ3n) is 3.24. The Kier molecular flexibility index (Phi) is 4.74. The van der Waals surface area contributed by atoms with E-state index in [0.717, 1.165) is 25.0 Å². The van der Waals surface area contributed by atoms with Gasteiger partial charge in [0.1, 0.15) is 0 Å². The van der Waals surface area contributed by atoms with Crippen LogP contribution in [0.25, 0.3) is 0 Å². The number of aryl methyl sites for hydroxylation is 2. The summed E-state index contributed by atoms with van der Waals surface area (Å²) in [6, 6.07) is 0.514. The maximum atomic E-state index is 4.45. The minimum atomic E-state index is 0.514. The smallest absolute Gasteiger partial charge is 0.0628 e. The predicted molar refractivity (Wildman–Crippen MR) is 68.7 cm³/mol. The van der Waals surface area contributed by atoms with Crippen LogP contribution in [0.4, 0.5) is 0 Å². The molecule has 1 heterocycles. The van der Waals surface area contributed by atoms with Crippen molar-refractivity contribution in [2.75, 3.05) is 7.05 Å². The highest BCUT2D eigenvalue weighted by atomic mass is 15.3. The predicted octanol–water partition coefficient (Wildman–Crippen LogP) is 2.13. The number of nitrogens with one attached hydrogen (secondary N) is 1.